The molecule has 0 aliphatic heterocycles. The third-order valence-electron chi connectivity index (χ3n) is 0.949. The summed E-state index contributed by atoms with van der Waals surface area (Å²) in [6.45, 7) is 0. The summed E-state index contributed by atoms with van der Waals surface area (Å²) < 4.78 is 12.9. The molecule has 0 radical (unpaired) electrons. The van der Waals surface area contributed by atoms with E-state index >= 15 is 0 Å². The minimum Gasteiger partial charge on any atom is -0.307 e. The van der Waals surface area contributed by atoms with Crippen molar-refractivity contribution in [3.8, 4) is 0 Å². The van der Waals surface area contributed by atoms with Crippen molar-refractivity contribution in [3.05, 3.63) is 22.6 Å². The molecular formula is C5H5BrFN3. The molecule has 54 valence electrons. The summed E-state index contributed by atoms with van der Waals surface area (Å²) in [7, 11) is 0. The molecule has 0 unspecified atom stereocenters. The van der Waals surface area contributed by atoms with Gasteiger partial charge >= 0.3 is 0 Å². The number of aromatic nitrogens is 1. The fourth-order valence-corrected chi connectivity index (χ4v) is 0.855. The quantitative estimate of drug-likeness (QED) is 0.413. The fraction of sp³-hybridized carbons (Fsp3) is 0. The maximum Gasteiger partial charge on any atom is 0.214 e. The van der Waals surface area contributed by atoms with Crippen molar-refractivity contribution in [1.29, 1.82) is 0 Å². The van der Waals surface area contributed by atoms with Gasteiger partial charge in [-0.15, -0.1) is 0 Å². The predicted octanol–water partition coefficient (Wildman–Crippen LogP) is 1.27. The number of rotatable bonds is 1. The van der Waals surface area contributed by atoms with E-state index in [1.54, 1.807) is 0 Å². The molecule has 5 heteroatoms. The Bertz CT molecular complexity index is 240. The third kappa shape index (κ3) is 1.43. The van der Waals surface area contributed by atoms with Crippen LogP contribution in [-0.2, 0) is 0 Å². The second-order valence-corrected chi connectivity index (χ2v) is 2.46. The van der Waals surface area contributed by atoms with E-state index in [2.05, 4.69) is 26.3 Å². The van der Waals surface area contributed by atoms with E-state index in [-0.39, 0.29) is 0 Å². The van der Waals surface area contributed by atoms with Crippen molar-refractivity contribution in [3.63, 3.8) is 0 Å². The Morgan fingerprint density at radius 1 is 1.60 bits per heavy atom. The van der Waals surface area contributed by atoms with Crippen LogP contribution >= 0.6 is 15.9 Å². The van der Waals surface area contributed by atoms with Crippen LogP contribution in [-0.4, -0.2) is 4.98 Å². The topological polar surface area (TPSA) is 50.9 Å². The maximum absolute atomic E-state index is 12.3. The Balaban J connectivity index is 3.09. The predicted molar refractivity (Wildman–Crippen MR) is 39.7 cm³/mol. The first kappa shape index (κ1) is 7.43. The van der Waals surface area contributed by atoms with Gasteiger partial charge in [0.15, 0.2) is 5.82 Å². The summed E-state index contributed by atoms with van der Waals surface area (Å²) in [6.07, 6.45) is 0. The third-order valence-corrected chi connectivity index (χ3v) is 1.59. The molecule has 0 spiro atoms. The van der Waals surface area contributed by atoms with Crippen LogP contribution in [0.1, 0.15) is 0 Å². The van der Waals surface area contributed by atoms with Gasteiger partial charge in [0.05, 0.1) is 4.47 Å². The smallest absolute Gasteiger partial charge is 0.214 e. The van der Waals surface area contributed by atoms with Crippen LogP contribution < -0.4 is 11.3 Å². The van der Waals surface area contributed by atoms with Crippen molar-refractivity contribution in [2.45, 2.75) is 0 Å². The van der Waals surface area contributed by atoms with Gasteiger partial charge in [-0.05, 0) is 28.1 Å². The summed E-state index contributed by atoms with van der Waals surface area (Å²) in [5.74, 6) is 4.74. The molecule has 0 bridgehead atoms. The number of pyridine rings is 1. The number of nitrogens with zero attached hydrogens (tertiary/aromatic N) is 1. The number of anilines is 1. The van der Waals surface area contributed by atoms with Crippen LogP contribution in [0.3, 0.4) is 0 Å². The SMILES string of the molecule is NNc1nc(F)ccc1Br. The highest BCUT2D eigenvalue weighted by Gasteiger charge is 1.99. The highest BCUT2D eigenvalue weighted by Crippen LogP contribution is 2.17. The first-order valence-corrected chi connectivity index (χ1v) is 3.32. The van der Waals surface area contributed by atoms with Crippen LogP contribution in [0, 0.1) is 5.95 Å². The molecule has 0 saturated heterocycles. The normalized spacial score (nSPS) is 9.50. The second-order valence-electron chi connectivity index (χ2n) is 1.61. The van der Waals surface area contributed by atoms with Gasteiger partial charge < -0.3 is 5.43 Å². The average molecular weight is 206 g/mol. The van der Waals surface area contributed by atoms with Gasteiger partial charge in [0.1, 0.15) is 0 Å². The first-order chi connectivity index (χ1) is 4.74. The number of nitrogens with one attached hydrogen (secondary N) is 1. The van der Waals surface area contributed by atoms with E-state index in [0.29, 0.717) is 10.3 Å². The van der Waals surface area contributed by atoms with Gasteiger partial charge in [0.2, 0.25) is 5.95 Å². The van der Waals surface area contributed by atoms with Crippen molar-refractivity contribution in [2.24, 2.45) is 5.84 Å². The number of halogens is 2. The summed E-state index contributed by atoms with van der Waals surface area (Å²) >= 11 is 3.12. The lowest BCUT2D eigenvalue weighted by Gasteiger charge is -1.99. The number of hydrogen-bond acceptors (Lipinski definition) is 3. The standard InChI is InChI=1S/C5H5BrFN3/c6-3-1-2-4(7)9-5(3)10-8/h1-2H,8H2,(H,9,10). The number of hydrogen-bond donors (Lipinski definition) is 2. The molecule has 1 rings (SSSR count). The fourth-order valence-electron chi connectivity index (χ4n) is 0.520. The van der Waals surface area contributed by atoms with Crippen LogP contribution in [0.15, 0.2) is 16.6 Å². The highest BCUT2D eigenvalue weighted by molar-refractivity contribution is 9.10. The van der Waals surface area contributed by atoms with Crippen molar-refractivity contribution in [1.82, 2.24) is 4.98 Å². The molecule has 3 nitrogen and oxygen atoms in total. The van der Waals surface area contributed by atoms with Gasteiger partial charge in [-0.3, -0.25) is 0 Å². The Labute approximate surface area is 65.5 Å². The Morgan fingerprint density at radius 2 is 2.30 bits per heavy atom. The van der Waals surface area contributed by atoms with Gasteiger partial charge in [-0.25, -0.2) is 10.8 Å². The molecule has 0 atom stereocenters. The molecule has 3 N–H and O–H groups in total. The molecule has 0 aromatic carbocycles. The van der Waals surface area contributed by atoms with Crippen LogP contribution in [0.5, 0.6) is 0 Å². The van der Waals surface area contributed by atoms with E-state index in [1.165, 1.54) is 12.1 Å². The molecule has 1 aromatic rings. The summed E-state index contributed by atoms with van der Waals surface area (Å²) in [5, 5.41) is 0. The van der Waals surface area contributed by atoms with Crippen molar-refractivity contribution in [2.75, 3.05) is 5.43 Å². The van der Waals surface area contributed by atoms with Gasteiger partial charge in [0.25, 0.3) is 0 Å². The summed E-state index contributed by atoms with van der Waals surface area (Å²) in [4.78, 5) is 3.44. The van der Waals surface area contributed by atoms with E-state index in [0.717, 1.165) is 0 Å². The van der Waals surface area contributed by atoms with E-state index < -0.39 is 5.95 Å². The summed E-state index contributed by atoms with van der Waals surface area (Å²) in [6, 6.07) is 2.77. The maximum atomic E-state index is 12.3. The van der Waals surface area contributed by atoms with E-state index in [4.69, 9.17) is 5.84 Å². The zero-order valence-corrected chi connectivity index (χ0v) is 6.52. The molecule has 0 aliphatic rings. The molecule has 0 saturated carbocycles. The van der Waals surface area contributed by atoms with Crippen molar-refractivity contribution >= 4 is 21.7 Å². The Kier molecular flexibility index (Phi) is 2.18. The molecule has 0 aliphatic carbocycles. The molecular weight excluding hydrogens is 201 g/mol. The molecule has 10 heavy (non-hydrogen) atoms. The minimum atomic E-state index is -0.559. The molecule has 0 amide bonds. The summed E-state index contributed by atoms with van der Waals surface area (Å²) in [5.41, 5.74) is 2.24. The Hall–Kier alpha value is -0.680. The lowest BCUT2D eigenvalue weighted by Crippen LogP contribution is -2.09. The lowest BCUT2D eigenvalue weighted by molar-refractivity contribution is 0.584. The van der Waals surface area contributed by atoms with E-state index in [9.17, 15) is 4.39 Å². The van der Waals surface area contributed by atoms with Gasteiger partial charge in [-0.2, -0.15) is 4.39 Å². The molecule has 1 heterocycles. The molecule has 1 aromatic heterocycles. The van der Waals surface area contributed by atoms with E-state index in [1.807, 2.05) is 0 Å². The van der Waals surface area contributed by atoms with Crippen LogP contribution in [0.4, 0.5) is 10.2 Å². The van der Waals surface area contributed by atoms with Gasteiger partial charge in [0, 0.05) is 0 Å². The lowest BCUT2D eigenvalue weighted by atomic mass is 10.5. The zero-order valence-electron chi connectivity index (χ0n) is 4.94. The average Bonchev–Trinajstić information content (AvgIpc) is 1.94. The minimum absolute atomic E-state index is 0.292. The second kappa shape index (κ2) is 2.94. The van der Waals surface area contributed by atoms with Crippen LogP contribution in [0.25, 0.3) is 0 Å². The monoisotopic (exact) mass is 205 g/mol. The number of nitrogen functional groups attached to an aromatic ring is 1. The highest BCUT2D eigenvalue weighted by atomic mass is 79.9. The number of hydrazine groups is 1. The first-order valence-electron chi connectivity index (χ1n) is 2.52. The van der Waals surface area contributed by atoms with Crippen LogP contribution in [0.2, 0.25) is 0 Å². The van der Waals surface area contributed by atoms with Crippen molar-refractivity contribution < 1.29 is 4.39 Å². The largest absolute Gasteiger partial charge is 0.307 e. The van der Waals surface area contributed by atoms with Gasteiger partial charge in [-0.1, -0.05) is 0 Å². The number of nitrogens with two attached hydrogens (primary N) is 1. The zero-order chi connectivity index (χ0) is 7.56. The molecule has 0 fully saturated rings. The Morgan fingerprint density at radius 3 is 2.80 bits per heavy atom.